The molecule has 1 aromatic carbocycles. The zero-order valence-electron chi connectivity index (χ0n) is 12.0. The van der Waals surface area contributed by atoms with Gasteiger partial charge < -0.3 is 10.3 Å². The predicted molar refractivity (Wildman–Crippen MR) is 76.2 cm³/mol. The SMILES string of the molecule is CCc1nc(-c2cccc(F)c2F)c(N)n1CC(C)C. The van der Waals surface area contributed by atoms with Gasteiger partial charge in [0.25, 0.3) is 0 Å². The molecule has 1 heterocycles. The number of nitrogens with two attached hydrogens (primary N) is 1. The molecular formula is C15H19F2N3. The molecule has 0 amide bonds. The first-order valence-corrected chi connectivity index (χ1v) is 6.74. The highest BCUT2D eigenvalue weighted by Crippen LogP contribution is 2.30. The van der Waals surface area contributed by atoms with Crippen molar-refractivity contribution in [3.05, 3.63) is 35.7 Å². The average molecular weight is 279 g/mol. The van der Waals surface area contributed by atoms with E-state index in [-0.39, 0.29) is 5.56 Å². The standard InChI is InChI=1S/C15H19F2N3/c1-4-12-19-14(15(18)20(12)8-9(2)3)10-6-5-7-11(16)13(10)17/h5-7,9H,4,8,18H2,1-3H3. The summed E-state index contributed by atoms with van der Waals surface area (Å²) in [7, 11) is 0. The van der Waals surface area contributed by atoms with Crippen LogP contribution in [0.25, 0.3) is 11.3 Å². The summed E-state index contributed by atoms with van der Waals surface area (Å²) in [5.74, 6) is -0.230. The van der Waals surface area contributed by atoms with Gasteiger partial charge in [0, 0.05) is 18.5 Å². The summed E-state index contributed by atoms with van der Waals surface area (Å²) in [5, 5.41) is 0. The maximum absolute atomic E-state index is 13.9. The quantitative estimate of drug-likeness (QED) is 0.928. The van der Waals surface area contributed by atoms with Gasteiger partial charge in [0.1, 0.15) is 17.3 Å². The fourth-order valence-corrected chi connectivity index (χ4v) is 2.24. The zero-order chi connectivity index (χ0) is 14.9. The Labute approximate surface area is 117 Å². The van der Waals surface area contributed by atoms with Crippen molar-refractivity contribution in [3.63, 3.8) is 0 Å². The minimum absolute atomic E-state index is 0.111. The van der Waals surface area contributed by atoms with Crippen molar-refractivity contribution < 1.29 is 8.78 Å². The van der Waals surface area contributed by atoms with Gasteiger partial charge in [0.2, 0.25) is 0 Å². The minimum Gasteiger partial charge on any atom is -0.383 e. The predicted octanol–water partition coefficient (Wildman–Crippen LogP) is 3.63. The van der Waals surface area contributed by atoms with Crippen molar-refractivity contribution >= 4 is 5.82 Å². The summed E-state index contributed by atoms with van der Waals surface area (Å²) in [6.45, 7) is 6.81. The van der Waals surface area contributed by atoms with Gasteiger partial charge in [-0.25, -0.2) is 13.8 Å². The molecule has 0 fully saturated rings. The number of rotatable bonds is 4. The minimum atomic E-state index is -0.906. The summed E-state index contributed by atoms with van der Waals surface area (Å²) in [6.07, 6.45) is 0.688. The molecule has 0 radical (unpaired) electrons. The molecule has 2 rings (SSSR count). The molecule has 2 N–H and O–H groups in total. The molecule has 0 aliphatic heterocycles. The molecule has 5 heteroatoms. The molecular weight excluding hydrogens is 260 g/mol. The summed E-state index contributed by atoms with van der Waals surface area (Å²) >= 11 is 0. The van der Waals surface area contributed by atoms with Gasteiger partial charge >= 0.3 is 0 Å². The molecule has 108 valence electrons. The second-order valence-corrected chi connectivity index (χ2v) is 5.22. The van der Waals surface area contributed by atoms with Crippen LogP contribution in [-0.2, 0) is 13.0 Å². The second kappa shape index (κ2) is 5.61. The number of nitrogen functional groups attached to an aromatic ring is 1. The molecule has 0 aliphatic rings. The van der Waals surface area contributed by atoms with E-state index in [9.17, 15) is 8.78 Å². The van der Waals surface area contributed by atoms with E-state index < -0.39 is 11.6 Å². The van der Waals surface area contributed by atoms with Crippen molar-refractivity contribution in [3.8, 4) is 11.3 Å². The van der Waals surface area contributed by atoms with E-state index >= 15 is 0 Å². The first kappa shape index (κ1) is 14.5. The lowest BCUT2D eigenvalue weighted by molar-refractivity contribution is 0.510. The van der Waals surface area contributed by atoms with Crippen LogP contribution >= 0.6 is 0 Å². The molecule has 20 heavy (non-hydrogen) atoms. The topological polar surface area (TPSA) is 43.8 Å². The van der Waals surface area contributed by atoms with Gasteiger partial charge in [-0.05, 0) is 18.1 Å². The lowest BCUT2D eigenvalue weighted by atomic mass is 10.1. The fraction of sp³-hybridized carbons (Fsp3) is 0.400. The van der Waals surface area contributed by atoms with E-state index in [0.717, 1.165) is 11.9 Å². The van der Waals surface area contributed by atoms with Gasteiger partial charge in [-0.1, -0.05) is 26.8 Å². The van der Waals surface area contributed by atoms with Gasteiger partial charge in [-0.15, -0.1) is 0 Å². The van der Waals surface area contributed by atoms with Gasteiger partial charge in [-0.3, -0.25) is 0 Å². The van der Waals surface area contributed by atoms with Crippen LogP contribution in [0.5, 0.6) is 0 Å². The molecule has 2 aromatic rings. The summed E-state index contributed by atoms with van der Waals surface area (Å²) < 4.78 is 29.1. The number of benzene rings is 1. The normalized spacial score (nSPS) is 11.3. The van der Waals surface area contributed by atoms with Crippen molar-refractivity contribution in [1.82, 2.24) is 9.55 Å². The van der Waals surface area contributed by atoms with Crippen LogP contribution in [0.3, 0.4) is 0 Å². The summed E-state index contributed by atoms with van der Waals surface area (Å²) in [5.41, 5.74) is 6.52. The van der Waals surface area contributed by atoms with Crippen LogP contribution in [0.4, 0.5) is 14.6 Å². The van der Waals surface area contributed by atoms with Crippen LogP contribution in [-0.4, -0.2) is 9.55 Å². The highest BCUT2D eigenvalue weighted by molar-refractivity contribution is 5.71. The lowest BCUT2D eigenvalue weighted by Crippen LogP contribution is -2.11. The Kier molecular flexibility index (Phi) is 4.06. The van der Waals surface area contributed by atoms with Crippen LogP contribution in [0.2, 0.25) is 0 Å². The number of aromatic nitrogens is 2. The number of nitrogens with zero attached hydrogens (tertiary/aromatic N) is 2. The van der Waals surface area contributed by atoms with Crippen molar-refractivity contribution in [2.24, 2.45) is 5.92 Å². The molecule has 3 nitrogen and oxygen atoms in total. The molecule has 0 saturated carbocycles. The molecule has 0 atom stereocenters. The number of hydrogen-bond donors (Lipinski definition) is 1. The average Bonchev–Trinajstić information content (AvgIpc) is 2.70. The highest BCUT2D eigenvalue weighted by Gasteiger charge is 2.19. The molecule has 1 aromatic heterocycles. The number of aryl methyl sites for hydroxylation is 1. The second-order valence-electron chi connectivity index (χ2n) is 5.22. The van der Waals surface area contributed by atoms with Crippen molar-refractivity contribution in [2.75, 3.05) is 5.73 Å². The first-order valence-electron chi connectivity index (χ1n) is 6.74. The number of halogens is 2. The Morgan fingerprint density at radius 2 is 2.00 bits per heavy atom. The van der Waals surface area contributed by atoms with E-state index in [2.05, 4.69) is 18.8 Å². The molecule has 0 saturated heterocycles. The molecule has 0 bridgehead atoms. The van der Waals surface area contributed by atoms with E-state index in [1.54, 1.807) is 0 Å². The smallest absolute Gasteiger partial charge is 0.168 e. The van der Waals surface area contributed by atoms with E-state index in [1.165, 1.54) is 12.1 Å². The zero-order valence-corrected chi connectivity index (χ0v) is 12.0. The maximum Gasteiger partial charge on any atom is 0.168 e. The largest absolute Gasteiger partial charge is 0.383 e. The monoisotopic (exact) mass is 279 g/mol. The lowest BCUT2D eigenvalue weighted by Gasteiger charge is -2.11. The van der Waals surface area contributed by atoms with Crippen LogP contribution in [0.15, 0.2) is 18.2 Å². The van der Waals surface area contributed by atoms with Gasteiger partial charge in [0.15, 0.2) is 11.6 Å². The third-order valence-electron chi connectivity index (χ3n) is 3.16. The van der Waals surface area contributed by atoms with E-state index in [4.69, 9.17) is 5.73 Å². The van der Waals surface area contributed by atoms with E-state index in [1.807, 2.05) is 11.5 Å². The Hall–Kier alpha value is -1.91. The molecule has 0 aliphatic carbocycles. The van der Waals surface area contributed by atoms with Gasteiger partial charge in [-0.2, -0.15) is 0 Å². The Balaban J connectivity index is 2.58. The molecule has 0 spiro atoms. The maximum atomic E-state index is 13.9. The number of imidazole rings is 1. The number of anilines is 1. The van der Waals surface area contributed by atoms with Crippen molar-refractivity contribution in [1.29, 1.82) is 0 Å². The first-order chi connectivity index (χ1) is 9.45. The molecule has 0 unspecified atom stereocenters. The fourth-order valence-electron chi connectivity index (χ4n) is 2.24. The highest BCUT2D eigenvalue weighted by atomic mass is 19.2. The Morgan fingerprint density at radius 1 is 1.30 bits per heavy atom. The number of hydrogen-bond acceptors (Lipinski definition) is 2. The Morgan fingerprint density at radius 3 is 2.60 bits per heavy atom. The van der Waals surface area contributed by atoms with Crippen LogP contribution in [0.1, 0.15) is 26.6 Å². The van der Waals surface area contributed by atoms with Crippen LogP contribution in [0, 0.1) is 17.6 Å². The summed E-state index contributed by atoms with van der Waals surface area (Å²) in [6, 6.07) is 4.04. The van der Waals surface area contributed by atoms with Crippen LogP contribution < -0.4 is 5.73 Å². The summed E-state index contributed by atoms with van der Waals surface area (Å²) in [4.78, 5) is 4.38. The third-order valence-corrected chi connectivity index (χ3v) is 3.16. The van der Waals surface area contributed by atoms with Crippen molar-refractivity contribution in [2.45, 2.75) is 33.7 Å². The van der Waals surface area contributed by atoms with Gasteiger partial charge in [0.05, 0.1) is 0 Å². The Bertz CT molecular complexity index is 618. The van der Waals surface area contributed by atoms with E-state index in [0.29, 0.717) is 30.4 Å². The third kappa shape index (κ3) is 2.53.